The monoisotopic (exact) mass is 631 g/mol. The molecule has 0 radical (unpaired) electrons. The van der Waals surface area contributed by atoms with Crippen LogP contribution >= 0.6 is 11.3 Å². The van der Waals surface area contributed by atoms with E-state index in [-0.39, 0.29) is 14.5 Å². The van der Waals surface area contributed by atoms with Gasteiger partial charge in [-0.1, -0.05) is 0 Å². The van der Waals surface area contributed by atoms with Crippen LogP contribution in [0.15, 0.2) is 152 Å². The molecule has 0 bridgehead atoms. The van der Waals surface area contributed by atoms with E-state index >= 15 is 0 Å². The van der Waals surface area contributed by atoms with Crippen LogP contribution < -0.4 is 4.90 Å². The number of rotatable bonds is 4. The molecule has 0 unspecified atom stereocenters. The molecule has 2 aromatic heterocycles. The van der Waals surface area contributed by atoms with Crippen LogP contribution in [-0.4, -0.2) is 14.5 Å². The van der Waals surface area contributed by atoms with Crippen LogP contribution in [0.1, 0.15) is 0 Å². The SMILES string of the molecule is c1ccc(-c2cccc(N(c3ccc4c(c3)sc3ccccc34)c3ccc4ccc5c6ccccc6[se]c5c4c3)c2)cc1. The van der Waals surface area contributed by atoms with E-state index in [1.165, 1.54) is 72.7 Å². The molecular formula is C40H25NSSe. The van der Waals surface area contributed by atoms with Gasteiger partial charge in [0, 0.05) is 0 Å². The number of anilines is 3. The second-order valence-electron chi connectivity index (χ2n) is 11.0. The second-order valence-corrected chi connectivity index (χ2v) is 14.3. The summed E-state index contributed by atoms with van der Waals surface area (Å²) in [6, 6.07) is 55.8. The second kappa shape index (κ2) is 9.97. The van der Waals surface area contributed by atoms with E-state index in [1.807, 2.05) is 11.3 Å². The van der Waals surface area contributed by atoms with Crippen molar-refractivity contribution in [2.24, 2.45) is 0 Å². The quantitative estimate of drug-likeness (QED) is 0.175. The van der Waals surface area contributed by atoms with E-state index in [0.29, 0.717) is 0 Å². The third-order valence-electron chi connectivity index (χ3n) is 8.44. The van der Waals surface area contributed by atoms with E-state index < -0.39 is 0 Å². The summed E-state index contributed by atoms with van der Waals surface area (Å²) < 4.78 is 5.61. The molecule has 202 valence electrons. The van der Waals surface area contributed by atoms with E-state index in [9.17, 15) is 0 Å². The Labute approximate surface area is 259 Å². The Bertz CT molecular complexity index is 2470. The molecule has 0 atom stereocenters. The van der Waals surface area contributed by atoms with Gasteiger partial charge in [-0.15, -0.1) is 0 Å². The maximum atomic E-state index is 2.43. The summed E-state index contributed by atoms with van der Waals surface area (Å²) in [5.74, 6) is 0. The average molecular weight is 631 g/mol. The van der Waals surface area contributed by atoms with Crippen LogP contribution in [0.25, 0.3) is 61.4 Å². The fourth-order valence-electron chi connectivity index (χ4n) is 6.39. The zero-order valence-corrected chi connectivity index (χ0v) is 25.7. The zero-order valence-electron chi connectivity index (χ0n) is 23.2. The zero-order chi connectivity index (χ0) is 28.3. The van der Waals surface area contributed by atoms with Crippen molar-refractivity contribution in [1.29, 1.82) is 0 Å². The van der Waals surface area contributed by atoms with Gasteiger partial charge in [-0.25, -0.2) is 0 Å². The summed E-state index contributed by atoms with van der Waals surface area (Å²) in [5, 5.41) is 8.10. The minimum absolute atomic E-state index is 0.290. The van der Waals surface area contributed by atoms with Crippen LogP contribution in [0.3, 0.4) is 0 Å². The van der Waals surface area contributed by atoms with Crippen molar-refractivity contribution in [2.75, 3.05) is 4.90 Å². The summed E-state index contributed by atoms with van der Waals surface area (Å²) in [6.07, 6.45) is 0. The van der Waals surface area contributed by atoms with Crippen LogP contribution in [0.4, 0.5) is 17.1 Å². The molecule has 0 aliphatic heterocycles. The minimum atomic E-state index is 0.290. The molecule has 0 saturated heterocycles. The van der Waals surface area contributed by atoms with Gasteiger partial charge in [0.25, 0.3) is 0 Å². The Hall–Kier alpha value is -4.66. The first-order valence-corrected chi connectivity index (χ1v) is 17.0. The topological polar surface area (TPSA) is 3.24 Å². The maximum absolute atomic E-state index is 2.43. The Morgan fingerprint density at radius 2 is 1.09 bits per heavy atom. The molecule has 0 saturated carbocycles. The Balaban J connectivity index is 1.29. The third kappa shape index (κ3) is 4.12. The summed E-state index contributed by atoms with van der Waals surface area (Å²) in [7, 11) is 0. The van der Waals surface area contributed by atoms with E-state index in [2.05, 4.69) is 157 Å². The van der Waals surface area contributed by atoms with Crippen LogP contribution in [0, 0.1) is 0 Å². The summed E-state index contributed by atoms with van der Waals surface area (Å²) in [6.45, 7) is 0. The van der Waals surface area contributed by atoms with Gasteiger partial charge < -0.3 is 0 Å². The first-order chi connectivity index (χ1) is 21.3. The third-order valence-corrected chi connectivity index (χ3v) is 12.1. The number of hydrogen-bond acceptors (Lipinski definition) is 2. The Morgan fingerprint density at radius 3 is 2.02 bits per heavy atom. The Morgan fingerprint density at radius 1 is 0.419 bits per heavy atom. The standard InChI is InChI=1S/C40H25NSSe/c1-2-9-26(10-3-1)28-11-8-12-29(23-28)41(31-20-22-33-32-13-4-6-15-37(32)42-38(33)25-31)30-19-17-27-18-21-35-34-14-5-7-16-39(34)43-40(35)36(27)24-30/h1-25H. The van der Waals surface area contributed by atoms with Crippen LogP contribution in [0.2, 0.25) is 0 Å². The normalized spacial score (nSPS) is 11.7. The molecular weight excluding hydrogens is 605 g/mol. The van der Waals surface area contributed by atoms with Gasteiger partial charge in [0.2, 0.25) is 0 Å². The van der Waals surface area contributed by atoms with Crippen molar-refractivity contribution in [3.63, 3.8) is 0 Å². The molecule has 0 amide bonds. The van der Waals surface area contributed by atoms with E-state index in [0.717, 1.165) is 5.69 Å². The molecule has 3 heteroatoms. The fraction of sp³-hybridized carbons (Fsp3) is 0. The van der Waals surface area contributed by atoms with Crippen molar-refractivity contribution >= 4 is 93.1 Å². The van der Waals surface area contributed by atoms with E-state index in [4.69, 9.17) is 0 Å². The molecule has 2 heterocycles. The van der Waals surface area contributed by atoms with Gasteiger partial charge in [-0.3, -0.25) is 0 Å². The molecule has 1 nitrogen and oxygen atoms in total. The number of hydrogen-bond donors (Lipinski definition) is 0. The number of nitrogens with zero attached hydrogens (tertiary/aromatic N) is 1. The molecule has 0 spiro atoms. The van der Waals surface area contributed by atoms with Gasteiger partial charge in [-0.2, -0.15) is 0 Å². The van der Waals surface area contributed by atoms with Crippen molar-refractivity contribution < 1.29 is 0 Å². The van der Waals surface area contributed by atoms with Gasteiger partial charge in [-0.05, 0) is 0 Å². The van der Waals surface area contributed by atoms with E-state index in [1.54, 1.807) is 0 Å². The molecule has 0 N–H and O–H groups in total. The molecule has 43 heavy (non-hydrogen) atoms. The first-order valence-electron chi connectivity index (χ1n) is 14.5. The summed E-state index contributed by atoms with van der Waals surface area (Å²) >= 11 is 2.16. The van der Waals surface area contributed by atoms with Crippen molar-refractivity contribution in [2.45, 2.75) is 0 Å². The van der Waals surface area contributed by atoms with Gasteiger partial charge >= 0.3 is 261 Å². The average Bonchev–Trinajstić information content (AvgIpc) is 3.64. The molecule has 9 rings (SSSR count). The molecule has 0 fully saturated rings. The number of fused-ring (bicyclic) bond motifs is 8. The molecule has 7 aromatic carbocycles. The van der Waals surface area contributed by atoms with Crippen LogP contribution in [-0.2, 0) is 0 Å². The first kappa shape index (κ1) is 24.9. The predicted molar refractivity (Wildman–Crippen MR) is 189 cm³/mol. The van der Waals surface area contributed by atoms with Crippen molar-refractivity contribution in [3.05, 3.63) is 152 Å². The van der Waals surface area contributed by atoms with Gasteiger partial charge in [0.05, 0.1) is 0 Å². The summed E-state index contributed by atoms with van der Waals surface area (Å²) in [4.78, 5) is 2.43. The molecule has 0 aliphatic carbocycles. The fourth-order valence-corrected chi connectivity index (χ4v) is 10.1. The summed E-state index contributed by atoms with van der Waals surface area (Å²) in [5.41, 5.74) is 5.94. The predicted octanol–water partition coefficient (Wildman–Crippen LogP) is 11.7. The van der Waals surface area contributed by atoms with Crippen molar-refractivity contribution in [3.8, 4) is 11.1 Å². The molecule has 0 aliphatic rings. The van der Waals surface area contributed by atoms with Gasteiger partial charge in [0.15, 0.2) is 0 Å². The van der Waals surface area contributed by atoms with Crippen molar-refractivity contribution in [1.82, 2.24) is 0 Å². The number of benzene rings is 7. The Kier molecular flexibility index (Phi) is 5.77. The van der Waals surface area contributed by atoms with Crippen LogP contribution in [0.5, 0.6) is 0 Å². The molecule has 9 aromatic rings. The van der Waals surface area contributed by atoms with Gasteiger partial charge in [0.1, 0.15) is 0 Å². The number of thiophene rings is 1.